The number of carbonyl (C=O) groups is 2. The largest absolute Gasteiger partial charge is 0.484 e. The van der Waals surface area contributed by atoms with Crippen LogP contribution in [0.25, 0.3) is 0 Å². The van der Waals surface area contributed by atoms with Crippen molar-refractivity contribution in [3.63, 3.8) is 0 Å². The van der Waals surface area contributed by atoms with Gasteiger partial charge in [0.05, 0.1) is 13.0 Å². The van der Waals surface area contributed by atoms with Crippen LogP contribution in [0.2, 0.25) is 0 Å². The number of methoxy groups -OCH3 is 1. The molecule has 0 radical (unpaired) electrons. The molecule has 2 N–H and O–H groups in total. The lowest BCUT2D eigenvalue weighted by Gasteiger charge is -2.31. The van der Waals surface area contributed by atoms with E-state index in [9.17, 15) is 9.59 Å². The highest BCUT2D eigenvalue weighted by molar-refractivity contribution is 5.79. The molecule has 21 heavy (non-hydrogen) atoms. The molecular weight excluding hydrogens is 272 g/mol. The molecule has 6 heteroatoms. The minimum absolute atomic E-state index is 0.0438. The molecular formula is C15H20N2O4. The van der Waals surface area contributed by atoms with Crippen LogP contribution >= 0.6 is 0 Å². The molecule has 114 valence electrons. The van der Waals surface area contributed by atoms with E-state index in [0.29, 0.717) is 24.5 Å². The van der Waals surface area contributed by atoms with Crippen molar-refractivity contribution >= 4 is 17.6 Å². The number of likely N-dealkylation sites (tertiary alicyclic amines) is 1. The number of piperidine rings is 1. The van der Waals surface area contributed by atoms with Crippen molar-refractivity contribution < 1.29 is 19.1 Å². The Bertz CT molecular complexity index is 501. The van der Waals surface area contributed by atoms with E-state index in [4.69, 9.17) is 15.2 Å². The normalized spacial score (nSPS) is 18.1. The van der Waals surface area contributed by atoms with Crippen LogP contribution < -0.4 is 10.5 Å². The van der Waals surface area contributed by atoms with Crippen molar-refractivity contribution in [1.29, 1.82) is 0 Å². The number of hydrogen-bond donors (Lipinski definition) is 1. The summed E-state index contributed by atoms with van der Waals surface area (Å²) in [5.74, 6) is -0.0179. The van der Waals surface area contributed by atoms with Crippen LogP contribution in [0.3, 0.4) is 0 Å². The smallest absolute Gasteiger partial charge is 0.310 e. The summed E-state index contributed by atoms with van der Waals surface area (Å²) in [6.07, 6.45) is 1.56. The number of nitrogen functional groups attached to an aromatic ring is 1. The zero-order valence-corrected chi connectivity index (χ0v) is 12.1. The van der Waals surface area contributed by atoms with Gasteiger partial charge in [0.15, 0.2) is 6.61 Å². The minimum atomic E-state index is -0.257. The first-order valence-corrected chi connectivity index (χ1v) is 6.94. The second kappa shape index (κ2) is 6.97. The number of rotatable bonds is 4. The predicted octanol–water partition coefficient (Wildman–Crippen LogP) is 1.06. The van der Waals surface area contributed by atoms with Gasteiger partial charge < -0.3 is 20.1 Å². The molecule has 0 bridgehead atoms. The molecule has 1 heterocycles. The monoisotopic (exact) mass is 292 g/mol. The molecule has 1 amide bonds. The van der Waals surface area contributed by atoms with Gasteiger partial charge in [-0.15, -0.1) is 0 Å². The zero-order valence-electron chi connectivity index (χ0n) is 12.1. The topological polar surface area (TPSA) is 81.9 Å². The third-order valence-corrected chi connectivity index (χ3v) is 3.55. The van der Waals surface area contributed by atoms with Crippen LogP contribution in [0.15, 0.2) is 24.3 Å². The molecule has 0 spiro atoms. The highest BCUT2D eigenvalue weighted by Crippen LogP contribution is 2.18. The van der Waals surface area contributed by atoms with Gasteiger partial charge in [-0.3, -0.25) is 9.59 Å². The van der Waals surface area contributed by atoms with Gasteiger partial charge in [0, 0.05) is 18.8 Å². The summed E-state index contributed by atoms with van der Waals surface area (Å²) >= 11 is 0. The van der Waals surface area contributed by atoms with Gasteiger partial charge in [-0.1, -0.05) is 0 Å². The van der Waals surface area contributed by atoms with E-state index in [1.165, 1.54) is 7.11 Å². The van der Waals surface area contributed by atoms with E-state index in [0.717, 1.165) is 12.8 Å². The van der Waals surface area contributed by atoms with Gasteiger partial charge in [-0.2, -0.15) is 0 Å². The molecule has 0 aromatic heterocycles. The van der Waals surface area contributed by atoms with Crippen molar-refractivity contribution in [1.82, 2.24) is 4.90 Å². The molecule has 1 aliphatic rings. The molecule has 1 unspecified atom stereocenters. The first-order valence-electron chi connectivity index (χ1n) is 6.94. The first kappa shape index (κ1) is 15.2. The molecule has 0 aliphatic carbocycles. The standard InChI is InChI=1S/C15H20N2O4/c1-20-15(19)11-3-2-8-17(9-11)14(18)10-21-13-6-4-12(16)5-7-13/h4-7,11H,2-3,8-10,16H2,1H3. The summed E-state index contributed by atoms with van der Waals surface area (Å²) in [5, 5.41) is 0. The number of carbonyl (C=O) groups excluding carboxylic acids is 2. The van der Waals surface area contributed by atoms with Gasteiger partial charge in [0.25, 0.3) is 5.91 Å². The van der Waals surface area contributed by atoms with Gasteiger partial charge in [0.2, 0.25) is 0 Å². The van der Waals surface area contributed by atoms with E-state index in [1.54, 1.807) is 29.2 Å². The van der Waals surface area contributed by atoms with E-state index in [1.807, 2.05) is 0 Å². The van der Waals surface area contributed by atoms with Crippen LogP contribution in [0.4, 0.5) is 5.69 Å². The molecule has 1 aromatic carbocycles. The van der Waals surface area contributed by atoms with Crippen molar-refractivity contribution in [2.75, 3.05) is 32.5 Å². The zero-order chi connectivity index (χ0) is 15.2. The minimum Gasteiger partial charge on any atom is -0.484 e. The Labute approximate surface area is 123 Å². The quantitative estimate of drug-likeness (QED) is 0.663. The van der Waals surface area contributed by atoms with Crippen LogP contribution in [0.5, 0.6) is 5.75 Å². The highest BCUT2D eigenvalue weighted by Gasteiger charge is 2.29. The Kier molecular flexibility index (Phi) is 5.03. The number of amides is 1. The molecule has 0 saturated carbocycles. The Morgan fingerprint density at radius 1 is 1.33 bits per heavy atom. The Hall–Kier alpha value is -2.24. The van der Waals surface area contributed by atoms with Crippen LogP contribution in [-0.2, 0) is 14.3 Å². The lowest BCUT2D eigenvalue weighted by Crippen LogP contribution is -2.44. The van der Waals surface area contributed by atoms with Crippen LogP contribution in [-0.4, -0.2) is 43.6 Å². The summed E-state index contributed by atoms with van der Waals surface area (Å²) in [7, 11) is 1.37. The number of nitrogens with zero attached hydrogens (tertiary/aromatic N) is 1. The molecule has 1 fully saturated rings. The van der Waals surface area contributed by atoms with Gasteiger partial charge in [0.1, 0.15) is 5.75 Å². The number of benzene rings is 1. The fraction of sp³-hybridized carbons (Fsp3) is 0.467. The summed E-state index contributed by atoms with van der Waals surface area (Å²) in [5.41, 5.74) is 6.23. The average molecular weight is 292 g/mol. The molecule has 2 rings (SSSR count). The first-order chi connectivity index (χ1) is 10.1. The van der Waals surface area contributed by atoms with Crippen molar-refractivity contribution in [3.05, 3.63) is 24.3 Å². The van der Waals surface area contributed by atoms with E-state index in [2.05, 4.69) is 0 Å². The highest BCUT2D eigenvalue weighted by atomic mass is 16.5. The molecule has 6 nitrogen and oxygen atoms in total. The maximum absolute atomic E-state index is 12.1. The van der Waals surface area contributed by atoms with E-state index in [-0.39, 0.29) is 24.4 Å². The fourth-order valence-corrected chi connectivity index (χ4v) is 2.36. The van der Waals surface area contributed by atoms with Crippen molar-refractivity contribution in [2.24, 2.45) is 5.92 Å². The molecule has 1 aliphatic heterocycles. The maximum atomic E-state index is 12.1. The lowest BCUT2D eigenvalue weighted by atomic mass is 9.98. The third-order valence-electron chi connectivity index (χ3n) is 3.55. The van der Waals surface area contributed by atoms with Crippen LogP contribution in [0.1, 0.15) is 12.8 Å². The van der Waals surface area contributed by atoms with Crippen molar-refractivity contribution in [3.8, 4) is 5.75 Å². The number of ether oxygens (including phenoxy) is 2. The predicted molar refractivity (Wildman–Crippen MR) is 77.7 cm³/mol. The Morgan fingerprint density at radius 3 is 2.71 bits per heavy atom. The molecule has 1 saturated heterocycles. The van der Waals surface area contributed by atoms with Gasteiger partial charge in [-0.25, -0.2) is 0 Å². The summed E-state index contributed by atoms with van der Waals surface area (Å²) in [4.78, 5) is 25.3. The number of anilines is 1. The maximum Gasteiger partial charge on any atom is 0.310 e. The second-order valence-corrected chi connectivity index (χ2v) is 5.06. The summed E-state index contributed by atoms with van der Waals surface area (Å²) in [6.45, 7) is 1.01. The second-order valence-electron chi connectivity index (χ2n) is 5.06. The fourth-order valence-electron chi connectivity index (χ4n) is 2.36. The van der Waals surface area contributed by atoms with Gasteiger partial charge >= 0.3 is 5.97 Å². The van der Waals surface area contributed by atoms with Crippen molar-refractivity contribution in [2.45, 2.75) is 12.8 Å². The lowest BCUT2D eigenvalue weighted by molar-refractivity contribution is -0.149. The van der Waals surface area contributed by atoms with E-state index >= 15 is 0 Å². The number of hydrogen-bond acceptors (Lipinski definition) is 5. The van der Waals surface area contributed by atoms with E-state index < -0.39 is 0 Å². The Morgan fingerprint density at radius 2 is 2.05 bits per heavy atom. The Balaban J connectivity index is 1.85. The number of nitrogens with two attached hydrogens (primary N) is 1. The average Bonchev–Trinajstić information content (AvgIpc) is 2.53. The molecule has 1 aromatic rings. The number of esters is 1. The SMILES string of the molecule is COC(=O)C1CCCN(C(=O)COc2ccc(N)cc2)C1. The van der Waals surface area contributed by atoms with Crippen LogP contribution in [0, 0.1) is 5.92 Å². The summed E-state index contributed by atoms with van der Waals surface area (Å²) in [6, 6.07) is 6.87. The molecule has 1 atom stereocenters. The van der Waals surface area contributed by atoms with Gasteiger partial charge in [-0.05, 0) is 37.1 Å². The third kappa shape index (κ3) is 4.11. The summed E-state index contributed by atoms with van der Waals surface area (Å²) < 4.78 is 10.2.